The molecular formula is C22H28N4O3. The van der Waals surface area contributed by atoms with Crippen LogP contribution in [0.4, 0.5) is 0 Å². The molecule has 1 atom stereocenters. The molecule has 1 amide bonds. The van der Waals surface area contributed by atoms with Gasteiger partial charge in [0.15, 0.2) is 5.76 Å². The van der Waals surface area contributed by atoms with Crippen LogP contribution in [0.15, 0.2) is 27.0 Å². The molecule has 0 bridgehead atoms. The number of rotatable bonds is 6. The third-order valence-corrected chi connectivity index (χ3v) is 5.58. The zero-order valence-corrected chi connectivity index (χ0v) is 17.3. The Morgan fingerprint density at radius 1 is 1.28 bits per heavy atom. The third kappa shape index (κ3) is 4.34. The van der Waals surface area contributed by atoms with Crippen LogP contribution in [-0.2, 0) is 0 Å². The average molecular weight is 396 g/mol. The molecule has 1 fully saturated rings. The number of carbonyl (C=O) groups is 1. The Balaban J connectivity index is 1.35. The molecular weight excluding hydrogens is 368 g/mol. The largest absolute Gasteiger partial charge is 0.451 e. The summed E-state index contributed by atoms with van der Waals surface area (Å²) in [5.74, 6) is 1.11. The van der Waals surface area contributed by atoms with Gasteiger partial charge >= 0.3 is 11.8 Å². The second-order valence-electron chi connectivity index (χ2n) is 8.13. The first-order chi connectivity index (χ1) is 14.0. The van der Waals surface area contributed by atoms with Crippen molar-refractivity contribution in [3.05, 3.63) is 35.2 Å². The number of fused-ring (bicyclic) bond motifs is 1. The zero-order valence-electron chi connectivity index (χ0n) is 17.3. The van der Waals surface area contributed by atoms with Crippen molar-refractivity contribution in [2.75, 3.05) is 26.2 Å². The number of nitrogens with zero attached hydrogens (tertiary/aromatic N) is 3. The number of nitrogens with one attached hydrogen (secondary N) is 1. The smallest absolute Gasteiger partial charge is 0.308 e. The van der Waals surface area contributed by atoms with Crippen molar-refractivity contribution < 1.29 is 13.6 Å². The molecule has 0 aliphatic carbocycles. The fraction of sp³-hybridized carbons (Fsp3) is 0.500. The van der Waals surface area contributed by atoms with Crippen molar-refractivity contribution in [3.63, 3.8) is 0 Å². The van der Waals surface area contributed by atoms with E-state index in [0.29, 0.717) is 12.3 Å². The van der Waals surface area contributed by atoms with E-state index in [-0.39, 0.29) is 17.7 Å². The van der Waals surface area contributed by atoms with Crippen LogP contribution in [0.5, 0.6) is 0 Å². The molecule has 1 aromatic carbocycles. The number of piperidine rings is 1. The summed E-state index contributed by atoms with van der Waals surface area (Å²) in [4.78, 5) is 14.8. The van der Waals surface area contributed by atoms with E-state index in [1.165, 1.54) is 12.8 Å². The van der Waals surface area contributed by atoms with Gasteiger partial charge in [-0.2, -0.15) is 0 Å². The maximum Gasteiger partial charge on any atom is 0.308 e. The Bertz CT molecular complexity index is 1010. The number of likely N-dealkylation sites (tertiary alicyclic amines) is 1. The fourth-order valence-electron chi connectivity index (χ4n) is 4.02. The molecule has 4 rings (SSSR count). The molecule has 7 nitrogen and oxygen atoms in total. The Morgan fingerprint density at radius 2 is 2.14 bits per heavy atom. The first-order valence-electron chi connectivity index (χ1n) is 10.4. The summed E-state index contributed by atoms with van der Waals surface area (Å²) < 4.78 is 11.5. The lowest BCUT2D eigenvalue weighted by molar-refractivity contribution is 0.0916. The summed E-state index contributed by atoms with van der Waals surface area (Å²) >= 11 is 0. The molecule has 3 aromatic rings. The number of carbonyl (C=O) groups excluding carboxylic acids is 1. The predicted molar refractivity (Wildman–Crippen MR) is 111 cm³/mol. The summed E-state index contributed by atoms with van der Waals surface area (Å²) in [6.07, 6.45) is 3.48. The summed E-state index contributed by atoms with van der Waals surface area (Å²) in [5.41, 5.74) is 2.84. The predicted octanol–water partition coefficient (Wildman–Crippen LogP) is 3.95. The first kappa shape index (κ1) is 19.6. The highest BCUT2D eigenvalue weighted by atomic mass is 16.4. The number of hydrogen-bond donors (Lipinski definition) is 1. The molecule has 3 heterocycles. The highest BCUT2D eigenvalue weighted by Gasteiger charge is 2.21. The van der Waals surface area contributed by atoms with Crippen LogP contribution >= 0.6 is 0 Å². The molecule has 0 saturated carbocycles. The van der Waals surface area contributed by atoms with Gasteiger partial charge in [0.05, 0.1) is 0 Å². The van der Waals surface area contributed by atoms with Gasteiger partial charge in [0.1, 0.15) is 5.58 Å². The number of furan rings is 1. The van der Waals surface area contributed by atoms with Gasteiger partial charge in [-0.1, -0.05) is 18.6 Å². The van der Waals surface area contributed by atoms with E-state index < -0.39 is 0 Å². The van der Waals surface area contributed by atoms with Gasteiger partial charge in [0.2, 0.25) is 0 Å². The van der Waals surface area contributed by atoms with Crippen molar-refractivity contribution in [2.45, 2.75) is 40.0 Å². The molecule has 0 unspecified atom stereocenters. The van der Waals surface area contributed by atoms with E-state index in [1.807, 2.05) is 26.0 Å². The van der Waals surface area contributed by atoms with Gasteiger partial charge in [0, 0.05) is 24.0 Å². The molecule has 0 radical (unpaired) electrons. The second-order valence-corrected chi connectivity index (χ2v) is 8.13. The molecule has 1 saturated heterocycles. The van der Waals surface area contributed by atoms with Crippen LogP contribution in [-0.4, -0.2) is 47.2 Å². The van der Waals surface area contributed by atoms with E-state index in [1.54, 1.807) is 0 Å². The maximum absolute atomic E-state index is 12.3. The summed E-state index contributed by atoms with van der Waals surface area (Å²) in [6, 6.07) is 5.98. The van der Waals surface area contributed by atoms with Crippen LogP contribution in [0, 0.1) is 19.8 Å². The molecule has 1 N–H and O–H groups in total. The van der Waals surface area contributed by atoms with Crippen LogP contribution in [0.1, 0.15) is 48.0 Å². The van der Waals surface area contributed by atoms with Crippen LogP contribution < -0.4 is 5.32 Å². The Hall–Kier alpha value is -2.67. The van der Waals surface area contributed by atoms with Crippen LogP contribution in [0.25, 0.3) is 22.6 Å². The molecule has 0 spiro atoms. The van der Waals surface area contributed by atoms with Gasteiger partial charge in [-0.3, -0.25) is 4.79 Å². The number of aryl methyl sites for hydroxylation is 2. The number of aromatic nitrogens is 2. The van der Waals surface area contributed by atoms with Crippen molar-refractivity contribution in [3.8, 4) is 11.7 Å². The molecule has 1 aliphatic rings. The van der Waals surface area contributed by atoms with Gasteiger partial charge in [-0.25, -0.2) is 0 Å². The summed E-state index contributed by atoms with van der Waals surface area (Å²) in [6.45, 7) is 10.2. The number of amides is 1. The van der Waals surface area contributed by atoms with Crippen molar-refractivity contribution >= 4 is 16.9 Å². The quantitative estimate of drug-likeness (QED) is 0.635. The number of benzene rings is 1. The van der Waals surface area contributed by atoms with Gasteiger partial charge < -0.3 is 19.1 Å². The second kappa shape index (κ2) is 8.37. The minimum Gasteiger partial charge on any atom is -0.451 e. The Morgan fingerprint density at radius 3 is 2.97 bits per heavy atom. The highest BCUT2D eigenvalue weighted by molar-refractivity contribution is 5.90. The van der Waals surface area contributed by atoms with E-state index in [0.717, 1.165) is 54.1 Å². The molecule has 154 valence electrons. The zero-order chi connectivity index (χ0) is 20.4. The lowest BCUT2D eigenvalue weighted by Gasteiger charge is -2.30. The summed E-state index contributed by atoms with van der Waals surface area (Å²) in [7, 11) is 0. The maximum atomic E-state index is 12.3. The van der Waals surface area contributed by atoms with Crippen molar-refractivity contribution in [1.29, 1.82) is 0 Å². The molecule has 29 heavy (non-hydrogen) atoms. The number of hydrogen-bond acceptors (Lipinski definition) is 6. The minimum atomic E-state index is -0.347. The van der Waals surface area contributed by atoms with Crippen LogP contribution in [0.2, 0.25) is 0 Å². The third-order valence-electron chi connectivity index (χ3n) is 5.58. The first-order valence-corrected chi connectivity index (χ1v) is 10.4. The highest BCUT2D eigenvalue weighted by Crippen LogP contribution is 2.32. The van der Waals surface area contributed by atoms with E-state index >= 15 is 0 Å². The summed E-state index contributed by atoms with van der Waals surface area (Å²) in [5, 5.41) is 11.8. The van der Waals surface area contributed by atoms with Gasteiger partial charge in [-0.05, 0) is 64.3 Å². The van der Waals surface area contributed by atoms with Crippen LogP contribution in [0.3, 0.4) is 0 Å². The van der Waals surface area contributed by atoms with Crippen molar-refractivity contribution in [1.82, 2.24) is 20.4 Å². The van der Waals surface area contributed by atoms with Gasteiger partial charge in [-0.15, -0.1) is 10.2 Å². The van der Waals surface area contributed by atoms with Gasteiger partial charge in [0.25, 0.3) is 5.89 Å². The lowest BCUT2D eigenvalue weighted by atomic mass is 10.0. The SMILES string of the molecule is Cc1ccc2oc(-c3nnc(C(=O)NCCCN4CCC[C@@H](C)C4)o3)c(C)c2c1. The Labute approximate surface area is 170 Å². The lowest BCUT2D eigenvalue weighted by Crippen LogP contribution is -2.36. The van der Waals surface area contributed by atoms with E-state index in [9.17, 15) is 4.79 Å². The average Bonchev–Trinajstić information content (AvgIpc) is 3.31. The van der Waals surface area contributed by atoms with E-state index in [4.69, 9.17) is 8.83 Å². The fourth-order valence-corrected chi connectivity index (χ4v) is 4.02. The van der Waals surface area contributed by atoms with Crippen molar-refractivity contribution in [2.24, 2.45) is 5.92 Å². The van der Waals surface area contributed by atoms with E-state index in [2.05, 4.69) is 33.4 Å². The Kier molecular flexibility index (Phi) is 5.67. The molecule has 2 aromatic heterocycles. The normalized spacial score (nSPS) is 17.7. The topological polar surface area (TPSA) is 84.4 Å². The minimum absolute atomic E-state index is 0.0392. The molecule has 7 heteroatoms. The molecule has 1 aliphatic heterocycles. The monoisotopic (exact) mass is 396 g/mol. The standard InChI is InChI=1S/C22H28N4O3/c1-14-7-8-18-17(12-14)16(3)19(28-18)21-24-25-22(29-21)20(27)23-9-5-11-26-10-4-6-15(2)13-26/h7-8,12,15H,4-6,9-11,13H2,1-3H3,(H,23,27)/t15-/m1/s1.